The number of benzene rings is 2. The zero-order valence-electron chi connectivity index (χ0n) is 23.5. The summed E-state index contributed by atoms with van der Waals surface area (Å²) in [5.41, 5.74) is 10.1. The van der Waals surface area contributed by atoms with Crippen molar-refractivity contribution in [1.29, 1.82) is 0 Å². The summed E-state index contributed by atoms with van der Waals surface area (Å²) in [4.78, 5) is 17.6. The van der Waals surface area contributed by atoms with Crippen LogP contribution in [0.4, 0.5) is 5.69 Å². The second kappa shape index (κ2) is 9.59. The van der Waals surface area contributed by atoms with Gasteiger partial charge in [0.2, 0.25) is 0 Å². The summed E-state index contributed by atoms with van der Waals surface area (Å²) in [6, 6.07) is 10.2. The average molecular weight is 501 g/mol. The molecule has 0 radical (unpaired) electrons. The summed E-state index contributed by atoms with van der Waals surface area (Å²) in [5.74, 6) is 2.31. The lowest BCUT2D eigenvalue weighted by Gasteiger charge is -2.37. The first-order chi connectivity index (χ1) is 17.6. The smallest absolute Gasteiger partial charge is 0.289 e. The summed E-state index contributed by atoms with van der Waals surface area (Å²) in [6.45, 7) is 18.2. The Balaban J connectivity index is 1.29. The molecule has 2 aromatic carbocycles. The van der Waals surface area contributed by atoms with Gasteiger partial charge in [-0.1, -0.05) is 18.2 Å². The molecule has 0 saturated carbocycles. The van der Waals surface area contributed by atoms with Crippen molar-refractivity contribution in [2.45, 2.75) is 73.3 Å². The zero-order chi connectivity index (χ0) is 26.5. The number of ether oxygens (including phenoxy) is 1. The molecule has 0 N–H and O–H groups in total. The number of amides is 1. The van der Waals surface area contributed by atoms with E-state index in [0.717, 1.165) is 37.4 Å². The number of hydrogen-bond donors (Lipinski definition) is 0. The normalized spacial score (nSPS) is 16.9. The van der Waals surface area contributed by atoms with Crippen LogP contribution in [0.2, 0.25) is 0 Å². The van der Waals surface area contributed by atoms with E-state index in [2.05, 4.69) is 71.6 Å². The zero-order valence-corrected chi connectivity index (χ0v) is 23.5. The molecule has 0 atom stereocenters. The molecule has 5 rings (SSSR count). The van der Waals surface area contributed by atoms with Crippen LogP contribution in [0, 0.1) is 34.6 Å². The lowest BCUT2D eigenvalue weighted by atomic mass is 9.84. The van der Waals surface area contributed by atoms with Crippen LogP contribution >= 0.6 is 0 Å². The largest absolute Gasteiger partial charge is 0.487 e. The molecule has 3 aromatic rings. The Labute approximate surface area is 221 Å². The van der Waals surface area contributed by atoms with Crippen molar-refractivity contribution in [3.05, 3.63) is 80.8 Å². The maximum atomic E-state index is 13.3. The SMILES string of the molecule is Cc1cccc(C)c1N1CCN(C(=O)c2ccc(Cc3c(C)c(C)c4c(c3C)CCC(C)(C)O4)o2)CC1. The molecule has 1 fully saturated rings. The monoisotopic (exact) mass is 500 g/mol. The van der Waals surface area contributed by atoms with Crippen molar-refractivity contribution in [3.8, 4) is 5.75 Å². The Morgan fingerprint density at radius 3 is 2.24 bits per heavy atom. The highest BCUT2D eigenvalue weighted by Gasteiger charge is 2.31. The fourth-order valence-corrected chi connectivity index (χ4v) is 6.07. The second-order valence-corrected chi connectivity index (χ2v) is 11.5. The van der Waals surface area contributed by atoms with E-state index in [1.807, 2.05) is 17.0 Å². The average Bonchev–Trinajstić information content (AvgIpc) is 3.33. The van der Waals surface area contributed by atoms with Gasteiger partial charge in [-0.3, -0.25) is 4.79 Å². The van der Waals surface area contributed by atoms with E-state index >= 15 is 0 Å². The van der Waals surface area contributed by atoms with Crippen molar-refractivity contribution >= 4 is 11.6 Å². The number of nitrogens with zero attached hydrogens (tertiary/aromatic N) is 2. The van der Waals surface area contributed by atoms with Crippen LogP contribution in [-0.2, 0) is 12.8 Å². The second-order valence-electron chi connectivity index (χ2n) is 11.5. The van der Waals surface area contributed by atoms with Crippen molar-refractivity contribution in [1.82, 2.24) is 4.90 Å². The first-order valence-corrected chi connectivity index (χ1v) is 13.6. The molecule has 0 bridgehead atoms. The highest BCUT2D eigenvalue weighted by molar-refractivity contribution is 5.91. The Hall–Kier alpha value is -3.21. The Morgan fingerprint density at radius 2 is 1.57 bits per heavy atom. The summed E-state index contributed by atoms with van der Waals surface area (Å²) < 4.78 is 12.5. The van der Waals surface area contributed by atoms with Gasteiger partial charge in [0.05, 0.1) is 0 Å². The molecule has 37 heavy (non-hydrogen) atoms. The van der Waals surface area contributed by atoms with E-state index in [1.165, 1.54) is 44.6 Å². The third-order valence-corrected chi connectivity index (χ3v) is 8.44. The van der Waals surface area contributed by atoms with Gasteiger partial charge in [0, 0.05) is 38.3 Å². The van der Waals surface area contributed by atoms with E-state index < -0.39 is 0 Å². The number of aryl methyl sites for hydroxylation is 2. The van der Waals surface area contributed by atoms with Gasteiger partial charge >= 0.3 is 0 Å². The summed E-state index contributed by atoms with van der Waals surface area (Å²) in [7, 11) is 0. The predicted molar refractivity (Wildman–Crippen MR) is 149 cm³/mol. The van der Waals surface area contributed by atoms with Gasteiger partial charge in [-0.15, -0.1) is 0 Å². The maximum Gasteiger partial charge on any atom is 0.289 e. The topological polar surface area (TPSA) is 45.9 Å². The van der Waals surface area contributed by atoms with Crippen molar-refractivity contribution in [3.63, 3.8) is 0 Å². The number of para-hydroxylation sites is 1. The van der Waals surface area contributed by atoms with Crippen LogP contribution in [0.1, 0.15) is 75.5 Å². The predicted octanol–water partition coefficient (Wildman–Crippen LogP) is 6.48. The van der Waals surface area contributed by atoms with Gasteiger partial charge in [0.15, 0.2) is 5.76 Å². The molecule has 1 saturated heterocycles. The molecule has 1 aromatic heterocycles. The summed E-state index contributed by atoms with van der Waals surface area (Å²) in [5, 5.41) is 0. The highest BCUT2D eigenvalue weighted by atomic mass is 16.5. The lowest BCUT2D eigenvalue weighted by Crippen LogP contribution is -2.49. The third-order valence-electron chi connectivity index (χ3n) is 8.44. The van der Waals surface area contributed by atoms with E-state index in [9.17, 15) is 4.79 Å². The minimum absolute atomic E-state index is 0.0156. The van der Waals surface area contributed by atoms with Crippen LogP contribution in [-0.4, -0.2) is 42.6 Å². The fourth-order valence-electron chi connectivity index (χ4n) is 6.07. The molecule has 5 nitrogen and oxygen atoms in total. The molecular weight excluding hydrogens is 460 g/mol. The number of anilines is 1. The van der Waals surface area contributed by atoms with Crippen molar-refractivity contribution in [2.24, 2.45) is 0 Å². The lowest BCUT2D eigenvalue weighted by molar-refractivity contribution is 0.0713. The molecule has 196 valence electrons. The number of rotatable bonds is 4. The molecule has 0 aliphatic carbocycles. The molecule has 3 heterocycles. The standard InChI is InChI=1S/C32H40N2O3/c1-20-9-8-10-21(2)29(20)33-15-17-34(18-16-33)31(35)28-12-11-25(36-28)19-27-22(3)23(4)30-26(24(27)5)13-14-32(6,7)37-30/h8-12H,13-19H2,1-7H3. The quantitative estimate of drug-likeness (QED) is 0.411. The fraction of sp³-hybridized carbons (Fsp3) is 0.469. The van der Waals surface area contributed by atoms with Gasteiger partial charge in [-0.2, -0.15) is 0 Å². The van der Waals surface area contributed by atoms with Crippen LogP contribution in [0.15, 0.2) is 34.7 Å². The number of furan rings is 1. The maximum absolute atomic E-state index is 13.3. The number of carbonyl (C=O) groups is 1. The van der Waals surface area contributed by atoms with Crippen molar-refractivity contribution < 1.29 is 13.9 Å². The number of piperazine rings is 1. The number of fused-ring (bicyclic) bond motifs is 1. The molecule has 2 aliphatic heterocycles. The first-order valence-electron chi connectivity index (χ1n) is 13.6. The molecule has 0 spiro atoms. The van der Waals surface area contributed by atoms with E-state index in [4.69, 9.17) is 9.15 Å². The van der Waals surface area contributed by atoms with E-state index in [-0.39, 0.29) is 11.5 Å². The minimum atomic E-state index is -0.126. The van der Waals surface area contributed by atoms with Gasteiger partial charge in [0.25, 0.3) is 5.91 Å². The molecule has 2 aliphatic rings. The van der Waals surface area contributed by atoms with Gasteiger partial charge < -0.3 is 19.0 Å². The molecule has 5 heteroatoms. The van der Waals surface area contributed by atoms with Gasteiger partial charge in [0.1, 0.15) is 17.1 Å². The molecule has 0 unspecified atom stereocenters. The Morgan fingerprint density at radius 1 is 0.892 bits per heavy atom. The highest BCUT2D eigenvalue weighted by Crippen LogP contribution is 2.41. The third kappa shape index (κ3) is 4.76. The van der Waals surface area contributed by atoms with Gasteiger partial charge in [-0.25, -0.2) is 0 Å². The summed E-state index contributed by atoms with van der Waals surface area (Å²) in [6.07, 6.45) is 2.72. The van der Waals surface area contributed by atoms with Crippen LogP contribution < -0.4 is 9.64 Å². The van der Waals surface area contributed by atoms with E-state index in [0.29, 0.717) is 25.3 Å². The van der Waals surface area contributed by atoms with Gasteiger partial charge in [-0.05, 0) is 112 Å². The number of carbonyl (C=O) groups excluding carboxylic acids is 1. The van der Waals surface area contributed by atoms with Crippen LogP contribution in [0.3, 0.4) is 0 Å². The molecule has 1 amide bonds. The van der Waals surface area contributed by atoms with Crippen LogP contribution in [0.5, 0.6) is 5.75 Å². The Bertz CT molecular complexity index is 1320. The minimum Gasteiger partial charge on any atom is -0.487 e. The summed E-state index contributed by atoms with van der Waals surface area (Å²) >= 11 is 0. The van der Waals surface area contributed by atoms with E-state index in [1.54, 1.807) is 0 Å². The van der Waals surface area contributed by atoms with Crippen LogP contribution in [0.25, 0.3) is 0 Å². The Kier molecular flexibility index (Phi) is 6.59. The molecular formula is C32H40N2O3. The first kappa shape index (κ1) is 25.4. The van der Waals surface area contributed by atoms with Crippen molar-refractivity contribution in [2.75, 3.05) is 31.1 Å². The number of hydrogen-bond acceptors (Lipinski definition) is 4.